The fraction of sp³-hybridized carbons (Fsp3) is 0.769. The summed E-state index contributed by atoms with van der Waals surface area (Å²) in [4.78, 5) is 2.81. The Morgan fingerprint density at radius 1 is 1.22 bits per heavy atom. The third kappa shape index (κ3) is 2.23. The van der Waals surface area contributed by atoms with E-state index in [0.29, 0.717) is 11.8 Å². The lowest BCUT2D eigenvalue weighted by atomic mass is 9.34. The molecule has 1 aromatic carbocycles. The first-order chi connectivity index (χ1) is 14.8. The maximum absolute atomic E-state index is 11.4. The summed E-state index contributed by atoms with van der Waals surface area (Å²) in [5.74, 6) is 1.86. The van der Waals surface area contributed by atoms with Gasteiger partial charge in [-0.3, -0.25) is 4.90 Å². The largest absolute Gasteiger partial charge is 0.504 e. The van der Waals surface area contributed by atoms with E-state index in [1.807, 2.05) is 27.0 Å². The van der Waals surface area contributed by atoms with Gasteiger partial charge < -0.3 is 19.7 Å². The number of aromatic hydroxyl groups is 1. The number of methoxy groups -OCH3 is 1. The van der Waals surface area contributed by atoms with E-state index >= 15 is 0 Å². The molecule has 0 aromatic heterocycles. The van der Waals surface area contributed by atoms with Crippen LogP contribution in [-0.4, -0.2) is 58.7 Å². The Balaban J connectivity index is 0.00000196. The molecule has 8 rings (SSSR count). The third-order valence-electron chi connectivity index (χ3n) is 10.5. The van der Waals surface area contributed by atoms with Gasteiger partial charge in [-0.25, -0.2) is 0 Å². The maximum atomic E-state index is 11.4. The van der Waals surface area contributed by atoms with Crippen LogP contribution in [0, 0.1) is 17.3 Å². The van der Waals surface area contributed by atoms with Crippen molar-refractivity contribution in [3.63, 3.8) is 0 Å². The summed E-state index contributed by atoms with van der Waals surface area (Å²) < 4.78 is 13.2. The summed E-state index contributed by atoms with van der Waals surface area (Å²) in [5, 5.41) is 22.2. The lowest BCUT2D eigenvalue weighted by Gasteiger charge is -2.75. The van der Waals surface area contributed by atoms with Crippen molar-refractivity contribution in [3.05, 3.63) is 23.3 Å². The molecular formula is C26H36ClNO4. The topological polar surface area (TPSA) is 62.2 Å². The Bertz CT molecular complexity index is 973. The molecule has 4 saturated carbocycles. The summed E-state index contributed by atoms with van der Waals surface area (Å²) in [6.07, 6.45) is 7.72. The second-order valence-electron chi connectivity index (χ2n) is 12.1. The zero-order valence-electron chi connectivity index (χ0n) is 19.4. The van der Waals surface area contributed by atoms with Crippen LogP contribution in [-0.2, 0) is 16.6 Å². The molecule has 5 aliphatic carbocycles. The first kappa shape index (κ1) is 21.5. The van der Waals surface area contributed by atoms with Crippen molar-refractivity contribution >= 4 is 12.4 Å². The Morgan fingerprint density at radius 3 is 2.69 bits per heavy atom. The Morgan fingerprint density at radius 2 is 2.00 bits per heavy atom. The standard InChI is InChI=1S/C26H35NO4.ClH/c1-23(2,29)18-13-24-8-9-26(18,30-3)22-25(24)10-11-27(14-15-4-5-15)19(24)12-16-6-7-17(28)21(31-22)20(16)25;/h6-7,15,18-19,22,28-29H,4-5,8-14H2,1-3H3;1H/t18-,19-,22-,24?,25-,26-;/m0./s1. The predicted molar refractivity (Wildman–Crippen MR) is 124 cm³/mol. The average Bonchev–Trinajstić information content (AvgIpc) is 3.47. The highest BCUT2D eigenvalue weighted by atomic mass is 35.5. The summed E-state index contributed by atoms with van der Waals surface area (Å²) in [6.45, 7) is 6.23. The van der Waals surface area contributed by atoms with Crippen LogP contribution >= 0.6 is 12.4 Å². The van der Waals surface area contributed by atoms with Gasteiger partial charge in [0.05, 0.1) is 5.60 Å². The summed E-state index contributed by atoms with van der Waals surface area (Å²) in [5.41, 5.74) is 1.24. The Hall–Kier alpha value is -1.01. The molecule has 6 heteroatoms. The SMILES string of the molecule is CO[C@@]12CCC3(C[C@H]1C(C)(C)O)[C@@H]1Cc4ccc(O)c5c4[C@@]3(CCN1CC1CC1)[C@@H]2O5.Cl. The number of rotatable bonds is 4. The first-order valence-electron chi connectivity index (χ1n) is 12.3. The zero-order valence-corrected chi connectivity index (χ0v) is 20.2. The summed E-state index contributed by atoms with van der Waals surface area (Å²) >= 11 is 0. The van der Waals surface area contributed by atoms with Crippen LogP contribution in [0.2, 0.25) is 0 Å². The number of phenolic OH excluding ortho intramolecular Hbond substituents is 1. The van der Waals surface area contributed by atoms with Crippen LogP contribution in [0.25, 0.3) is 0 Å². The zero-order chi connectivity index (χ0) is 21.4. The van der Waals surface area contributed by atoms with Crippen LogP contribution in [0.4, 0.5) is 0 Å². The van der Waals surface area contributed by atoms with Gasteiger partial charge in [-0.2, -0.15) is 0 Å². The van der Waals surface area contributed by atoms with Crippen molar-refractivity contribution in [2.24, 2.45) is 17.3 Å². The number of likely N-dealkylation sites (tertiary alicyclic amines) is 1. The number of aliphatic hydroxyl groups is 1. The van der Waals surface area contributed by atoms with Gasteiger partial charge >= 0.3 is 0 Å². The third-order valence-corrected chi connectivity index (χ3v) is 10.5. The lowest BCUT2D eigenvalue weighted by molar-refractivity contribution is -0.300. The molecule has 5 fully saturated rings. The molecule has 2 N–H and O–H groups in total. The molecule has 2 spiro atoms. The molecule has 32 heavy (non-hydrogen) atoms. The molecule has 1 unspecified atom stereocenters. The van der Waals surface area contributed by atoms with Crippen LogP contribution in [0.3, 0.4) is 0 Å². The van der Waals surface area contributed by atoms with E-state index in [4.69, 9.17) is 9.47 Å². The molecule has 6 atom stereocenters. The number of hydrogen-bond donors (Lipinski definition) is 2. The fourth-order valence-corrected chi connectivity index (χ4v) is 9.23. The van der Waals surface area contributed by atoms with Gasteiger partial charge in [0.1, 0.15) is 11.7 Å². The maximum Gasteiger partial charge on any atom is 0.165 e. The number of halogens is 1. The molecule has 1 aromatic rings. The van der Waals surface area contributed by atoms with Crippen molar-refractivity contribution < 1.29 is 19.7 Å². The van der Waals surface area contributed by atoms with Crippen molar-refractivity contribution in [1.82, 2.24) is 4.90 Å². The van der Waals surface area contributed by atoms with Gasteiger partial charge in [-0.05, 0) is 82.9 Å². The second-order valence-corrected chi connectivity index (χ2v) is 12.1. The van der Waals surface area contributed by atoms with E-state index in [2.05, 4.69) is 11.0 Å². The quantitative estimate of drug-likeness (QED) is 0.714. The monoisotopic (exact) mass is 461 g/mol. The van der Waals surface area contributed by atoms with Gasteiger partial charge in [-0.1, -0.05) is 6.07 Å². The summed E-state index contributed by atoms with van der Waals surface area (Å²) in [6, 6.07) is 4.46. The molecule has 5 nitrogen and oxygen atoms in total. The molecule has 4 bridgehead atoms. The minimum absolute atomic E-state index is 0. The van der Waals surface area contributed by atoms with E-state index < -0.39 is 11.2 Å². The molecule has 7 aliphatic rings. The van der Waals surface area contributed by atoms with Crippen molar-refractivity contribution in [3.8, 4) is 11.5 Å². The van der Waals surface area contributed by atoms with Gasteiger partial charge in [0.25, 0.3) is 0 Å². The van der Waals surface area contributed by atoms with Gasteiger partial charge in [-0.15, -0.1) is 12.4 Å². The average molecular weight is 462 g/mol. The minimum atomic E-state index is -0.846. The second kappa shape index (κ2) is 6.35. The minimum Gasteiger partial charge on any atom is -0.504 e. The molecule has 2 heterocycles. The predicted octanol–water partition coefficient (Wildman–Crippen LogP) is 3.81. The number of ether oxygens (including phenoxy) is 2. The van der Waals surface area contributed by atoms with Gasteiger partial charge in [0.15, 0.2) is 11.5 Å². The highest BCUT2D eigenvalue weighted by Crippen LogP contribution is 2.77. The highest BCUT2D eigenvalue weighted by Gasteiger charge is 2.81. The van der Waals surface area contributed by atoms with E-state index in [1.54, 1.807) is 0 Å². The Kier molecular flexibility index (Phi) is 4.27. The number of piperidine rings is 1. The molecule has 1 saturated heterocycles. The van der Waals surface area contributed by atoms with Crippen LogP contribution < -0.4 is 4.74 Å². The van der Waals surface area contributed by atoms with E-state index in [1.165, 1.54) is 30.5 Å². The van der Waals surface area contributed by atoms with E-state index in [9.17, 15) is 10.2 Å². The van der Waals surface area contributed by atoms with Crippen molar-refractivity contribution in [1.29, 1.82) is 0 Å². The molecule has 2 aliphatic heterocycles. The Labute approximate surface area is 196 Å². The molecule has 176 valence electrons. The molecular weight excluding hydrogens is 426 g/mol. The van der Waals surface area contributed by atoms with Crippen LogP contribution in [0.1, 0.15) is 63.5 Å². The highest BCUT2D eigenvalue weighted by molar-refractivity contribution is 5.85. The number of phenols is 1. The first-order valence-corrected chi connectivity index (χ1v) is 12.3. The van der Waals surface area contributed by atoms with Crippen molar-refractivity contribution in [2.45, 2.75) is 87.6 Å². The fourth-order valence-electron chi connectivity index (χ4n) is 9.23. The van der Waals surface area contributed by atoms with Gasteiger partial charge in [0.2, 0.25) is 0 Å². The molecule has 0 radical (unpaired) electrons. The van der Waals surface area contributed by atoms with Crippen molar-refractivity contribution in [2.75, 3.05) is 20.2 Å². The lowest BCUT2D eigenvalue weighted by Crippen LogP contribution is -2.82. The number of hydrogen-bond acceptors (Lipinski definition) is 5. The van der Waals surface area contributed by atoms with Gasteiger partial charge in [0, 0.05) is 42.0 Å². The van der Waals surface area contributed by atoms with E-state index in [0.717, 1.165) is 44.6 Å². The van der Waals surface area contributed by atoms with E-state index in [-0.39, 0.29) is 41.0 Å². The normalized spacial score (nSPS) is 43.4. The number of benzene rings is 1. The summed E-state index contributed by atoms with van der Waals surface area (Å²) in [7, 11) is 1.81. The van der Waals surface area contributed by atoms with Crippen LogP contribution in [0.5, 0.6) is 11.5 Å². The number of fused-ring (bicyclic) bond motifs is 2. The number of nitrogens with zero attached hydrogens (tertiary/aromatic N) is 1. The smallest absolute Gasteiger partial charge is 0.165 e. The molecule has 0 amide bonds. The van der Waals surface area contributed by atoms with Crippen LogP contribution in [0.15, 0.2) is 12.1 Å².